The number of rotatable bonds is 10. The second-order valence-electron chi connectivity index (χ2n) is 13.6. The minimum absolute atomic E-state index is 0.0693. The molecule has 7 heteroatoms. The predicted octanol–water partition coefficient (Wildman–Crippen LogP) is 8.00. The van der Waals surface area contributed by atoms with E-state index in [4.69, 9.17) is 4.99 Å². The molecule has 1 fully saturated rings. The maximum absolute atomic E-state index is 14.0. The Morgan fingerprint density at radius 2 is 1.53 bits per heavy atom. The number of likely N-dealkylation sites (tertiary alicyclic amines) is 1. The summed E-state index contributed by atoms with van der Waals surface area (Å²) < 4.78 is 0. The van der Waals surface area contributed by atoms with Gasteiger partial charge in [-0.25, -0.2) is 4.79 Å². The molecule has 5 aromatic rings. The van der Waals surface area contributed by atoms with Gasteiger partial charge in [0.25, 0.3) is 0 Å². The number of aliphatic imine (C=N–C) groups is 1. The Kier molecular flexibility index (Phi) is 10.1. The largest absolute Gasteiger partial charge is 0.480 e. The first kappa shape index (κ1) is 33.9. The molecule has 7 rings (SSSR count). The third-order valence-electron chi connectivity index (χ3n) is 10.4. The first-order valence-corrected chi connectivity index (χ1v) is 17.8. The van der Waals surface area contributed by atoms with Crippen LogP contribution in [-0.2, 0) is 22.6 Å². The Hall–Kier alpha value is -5.53. The van der Waals surface area contributed by atoms with Gasteiger partial charge in [0.15, 0.2) is 6.04 Å². The number of fused-ring (bicyclic) bond motifs is 1. The summed E-state index contributed by atoms with van der Waals surface area (Å²) in [5.41, 5.74) is 9.18. The first-order valence-electron chi connectivity index (χ1n) is 17.8. The van der Waals surface area contributed by atoms with Crippen molar-refractivity contribution >= 4 is 29.0 Å². The molecule has 2 heterocycles. The topological polar surface area (TPSA) is 85.2 Å². The molecule has 2 aliphatic heterocycles. The zero-order valence-corrected chi connectivity index (χ0v) is 29.2. The quantitative estimate of drug-likeness (QED) is 0.147. The van der Waals surface area contributed by atoms with E-state index in [-0.39, 0.29) is 11.9 Å². The molecule has 1 saturated heterocycles. The second-order valence-corrected chi connectivity index (χ2v) is 13.6. The van der Waals surface area contributed by atoms with Crippen molar-refractivity contribution in [2.75, 3.05) is 23.3 Å². The Balaban J connectivity index is 1.29. The van der Waals surface area contributed by atoms with Gasteiger partial charge < -0.3 is 15.3 Å². The lowest BCUT2D eigenvalue weighted by Gasteiger charge is -2.41. The van der Waals surface area contributed by atoms with E-state index in [1.807, 2.05) is 91.0 Å². The van der Waals surface area contributed by atoms with Crippen LogP contribution in [0.2, 0.25) is 0 Å². The fourth-order valence-corrected chi connectivity index (χ4v) is 7.57. The molecule has 1 amide bonds. The molecule has 0 spiro atoms. The smallest absolute Gasteiger partial charge is 0.330 e. The zero-order chi connectivity index (χ0) is 35.3. The summed E-state index contributed by atoms with van der Waals surface area (Å²) in [6, 6.07) is 40.0. The van der Waals surface area contributed by atoms with Gasteiger partial charge in [0.05, 0.1) is 23.5 Å². The predicted molar refractivity (Wildman–Crippen MR) is 205 cm³/mol. The van der Waals surface area contributed by atoms with Crippen molar-refractivity contribution in [2.24, 2.45) is 4.99 Å². The molecule has 0 unspecified atom stereocenters. The van der Waals surface area contributed by atoms with Gasteiger partial charge in [-0.2, -0.15) is 0 Å². The Morgan fingerprint density at radius 1 is 0.824 bits per heavy atom. The number of para-hydroxylation sites is 1. The highest BCUT2D eigenvalue weighted by Gasteiger charge is 2.39. The van der Waals surface area contributed by atoms with Gasteiger partial charge in [-0.05, 0) is 85.7 Å². The van der Waals surface area contributed by atoms with Crippen LogP contribution in [0.1, 0.15) is 57.8 Å². The van der Waals surface area contributed by atoms with Gasteiger partial charge in [0, 0.05) is 29.9 Å². The number of amides is 1. The average Bonchev–Trinajstić information content (AvgIpc) is 3.62. The summed E-state index contributed by atoms with van der Waals surface area (Å²) in [6.07, 6.45) is 2.53. The molecule has 2 N–H and O–H groups in total. The summed E-state index contributed by atoms with van der Waals surface area (Å²) >= 11 is 0. The van der Waals surface area contributed by atoms with E-state index in [1.165, 1.54) is 11.1 Å². The Morgan fingerprint density at radius 3 is 2.29 bits per heavy atom. The van der Waals surface area contributed by atoms with Gasteiger partial charge in [-0.3, -0.25) is 14.7 Å². The number of hydrogen-bond acceptors (Lipinski definition) is 5. The number of hydrogen-bond donors (Lipinski definition) is 2. The fraction of sp³-hybridized carbons (Fsp3) is 0.250. The van der Waals surface area contributed by atoms with Crippen LogP contribution < -0.4 is 10.2 Å². The first-order chi connectivity index (χ1) is 24.9. The summed E-state index contributed by atoms with van der Waals surface area (Å²) in [5.74, 6) is -1.08. The summed E-state index contributed by atoms with van der Waals surface area (Å²) in [7, 11) is 0. The van der Waals surface area contributed by atoms with Crippen LogP contribution in [0.25, 0.3) is 0 Å². The standard InChI is InChI=1S/C44H44N4O3/c1-30-23-24-35(28-31(30)2)48-27-25-33-16-9-10-19-36(33)42(48)41(44(50)51)46-40(34-17-7-4-8-18-34)37-20-11-12-21-38(37)45-43(49)39-22-13-26-47(39)29-32-14-5-3-6-15-32/h3-12,14-21,23-24,28,39,41-42H,13,22,25-27,29H2,1-2H3,(H,45,49)(H,50,51)/t39-,41-,42-/m0/s1. The minimum atomic E-state index is -1.15. The Labute approximate surface area is 300 Å². The van der Waals surface area contributed by atoms with E-state index in [0.717, 1.165) is 53.7 Å². The van der Waals surface area contributed by atoms with Gasteiger partial charge in [0.1, 0.15) is 0 Å². The van der Waals surface area contributed by atoms with E-state index < -0.39 is 18.1 Å². The molecule has 258 valence electrons. The average molecular weight is 677 g/mol. The SMILES string of the molecule is Cc1ccc(N2CCc3ccccc3[C@H]2[C@H](N=C(c2ccccc2)c2ccccc2NC(=O)[C@@H]2CCCN2Cc2ccccc2)C(=O)O)cc1C. The molecule has 7 nitrogen and oxygen atoms in total. The Bertz CT molecular complexity index is 2040. The number of benzene rings is 5. The number of aliphatic carboxylic acids is 1. The lowest BCUT2D eigenvalue weighted by atomic mass is 9.87. The van der Waals surface area contributed by atoms with E-state index in [2.05, 4.69) is 65.4 Å². The van der Waals surface area contributed by atoms with Crippen LogP contribution in [0.3, 0.4) is 0 Å². The van der Waals surface area contributed by atoms with E-state index >= 15 is 0 Å². The number of anilines is 2. The molecule has 0 saturated carbocycles. The molecular formula is C44H44N4O3. The van der Waals surface area contributed by atoms with Crippen molar-refractivity contribution in [1.82, 2.24) is 4.90 Å². The normalized spacial score (nSPS) is 18.2. The van der Waals surface area contributed by atoms with Gasteiger partial charge in [0.2, 0.25) is 5.91 Å². The number of carboxylic acid groups (broad SMARTS) is 1. The highest BCUT2D eigenvalue weighted by atomic mass is 16.4. The van der Waals surface area contributed by atoms with Crippen molar-refractivity contribution in [3.05, 3.63) is 166 Å². The molecule has 0 aromatic heterocycles. The summed E-state index contributed by atoms with van der Waals surface area (Å²) in [5, 5.41) is 14.3. The fourth-order valence-electron chi connectivity index (χ4n) is 7.57. The van der Waals surface area contributed by atoms with Crippen LogP contribution in [0.4, 0.5) is 11.4 Å². The van der Waals surface area contributed by atoms with Gasteiger partial charge in [-0.15, -0.1) is 0 Å². The highest BCUT2D eigenvalue weighted by molar-refractivity contribution is 6.17. The van der Waals surface area contributed by atoms with Crippen molar-refractivity contribution in [3.8, 4) is 0 Å². The van der Waals surface area contributed by atoms with Crippen molar-refractivity contribution in [3.63, 3.8) is 0 Å². The van der Waals surface area contributed by atoms with Gasteiger partial charge in [-0.1, -0.05) is 109 Å². The van der Waals surface area contributed by atoms with Crippen LogP contribution in [-0.4, -0.2) is 52.8 Å². The molecule has 51 heavy (non-hydrogen) atoms. The summed E-state index contributed by atoms with van der Waals surface area (Å²) in [4.78, 5) is 37.2. The third kappa shape index (κ3) is 7.35. The van der Waals surface area contributed by atoms with Crippen LogP contribution >= 0.6 is 0 Å². The number of carbonyl (C=O) groups excluding carboxylic acids is 1. The van der Waals surface area contributed by atoms with E-state index in [1.54, 1.807) is 0 Å². The number of nitrogens with zero attached hydrogens (tertiary/aromatic N) is 3. The number of carboxylic acids is 1. The lowest BCUT2D eigenvalue weighted by molar-refractivity contribution is -0.139. The van der Waals surface area contributed by atoms with Crippen molar-refractivity contribution in [1.29, 1.82) is 0 Å². The van der Waals surface area contributed by atoms with E-state index in [0.29, 0.717) is 30.1 Å². The maximum atomic E-state index is 14.0. The zero-order valence-electron chi connectivity index (χ0n) is 29.2. The van der Waals surface area contributed by atoms with Gasteiger partial charge >= 0.3 is 5.97 Å². The number of nitrogens with one attached hydrogen (secondary N) is 1. The molecule has 0 aliphatic carbocycles. The van der Waals surface area contributed by atoms with Crippen LogP contribution in [0, 0.1) is 13.8 Å². The maximum Gasteiger partial charge on any atom is 0.330 e. The molecular weight excluding hydrogens is 633 g/mol. The number of carbonyl (C=O) groups is 2. The molecule has 5 aromatic carbocycles. The third-order valence-corrected chi connectivity index (χ3v) is 10.4. The minimum Gasteiger partial charge on any atom is -0.480 e. The van der Waals surface area contributed by atoms with E-state index in [9.17, 15) is 14.7 Å². The number of aryl methyl sites for hydroxylation is 2. The molecule has 2 aliphatic rings. The van der Waals surface area contributed by atoms with Crippen LogP contribution in [0.15, 0.2) is 132 Å². The lowest BCUT2D eigenvalue weighted by Crippen LogP contribution is -2.44. The molecule has 0 radical (unpaired) electrons. The molecule has 3 atom stereocenters. The molecule has 0 bridgehead atoms. The highest BCUT2D eigenvalue weighted by Crippen LogP contribution is 2.38. The van der Waals surface area contributed by atoms with Crippen molar-refractivity contribution in [2.45, 2.75) is 57.8 Å². The van der Waals surface area contributed by atoms with Crippen LogP contribution in [0.5, 0.6) is 0 Å². The monoisotopic (exact) mass is 676 g/mol. The van der Waals surface area contributed by atoms with Crippen molar-refractivity contribution < 1.29 is 14.7 Å². The summed E-state index contributed by atoms with van der Waals surface area (Å²) in [6.45, 7) is 6.40. The second kappa shape index (κ2) is 15.2.